The first-order valence-electron chi connectivity index (χ1n) is 9.51. The molecule has 0 radical (unpaired) electrons. The molecule has 2 aromatic heterocycles. The smallest absolute Gasteiger partial charge is 0.224 e. The maximum Gasteiger partial charge on any atom is 0.224 e. The van der Waals surface area contributed by atoms with Gasteiger partial charge in [-0.2, -0.15) is 0 Å². The Morgan fingerprint density at radius 1 is 1.29 bits per heavy atom. The van der Waals surface area contributed by atoms with Gasteiger partial charge in [0.25, 0.3) is 0 Å². The summed E-state index contributed by atoms with van der Waals surface area (Å²) in [5, 5.41) is 3.95. The maximum absolute atomic E-state index is 13.5. The Balaban J connectivity index is 1.31. The lowest BCUT2D eigenvalue weighted by atomic mass is 10.2. The molecule has 1 aliphatic carbocycles. The molecule has 3 atom stereocenters. The van der Waals surface area contributed by atoms with Crippen LogP contribution in [-0.4, -0.2) is 20.4 Å². The topological polar surface area (TPSA) is 62.7 Å². The summed E-state index contributed by atoms with van der Waals surface area (Å²) in [5.41, 5.74) is 3.83. The van der Waals surface area contributed by atoms with Crippen LogP contribution < -0.4 is 5.32 Å². The van der Waals surface area contributed by atoms with E-state index in [0.717, 1.165) is 39.9 Å². The van der Waals surface area contributed by atoms with Crippen LogP contribution in [0.1, 0.15) is 36.8 Å². The highest BCUT2D eigenvalue weighted by Gasteiger charge is 2.46. The third kappa shape index (κ3) is 2.76. The van der Waals surface area contributed by atoms with Crippen LogP contribution in [0.3, 0.4) is 0 Å². The summed E-state index contributed by atoms with van der Waals surface area (Å²) in [7, 11) is 1.94. The van der Waals surface area contributed by atoms with Gasteiger partial charge in [0.2, 0.25) is 5.91 Å². The monoisotopic (exact) mass is 376 g/mol. The van der Waals surface area contributed by atoms with E-state index in [1.165, 1.54) is 12.1 Å². The molecule has 0 unspecified atom stereocenters. The number of hydrogen-bond donors (Lipinski definition) is 2. The van der Waals surface area contributed by atoms with E-state index in [0.29, 0.717) is 0 Å². The van der Waals surface area contributed by atoms with Crippen molar-refractivity contribution in [3.63, 3.8) is 0 Å². The molecule has 0 aliphatic heterocycles. The van der Waals surface area contributed by atoms with E-state index >= 15 is 0 Å². The van der Waals surface area contributed by atoms with Gasteiger partial charge in [0.1, 0.15) is 11.6 Å². The number of aromatic amines is 1. The van der Waals surface area contributed by atoms with Crippen molar-refractivity contribution in [1.29, 1.82) is 0 Å². The second-order valence-electron chi connectivity index (χ2n) is 7.65. The maximum atomic E-state index is 13.5. The van der Waals surface area contributed by atoms with Crippen molar-refractivity contribution in [2.45, 2.75) is 25.3 Å². The van der Waals surface area contributed by atoms with Gasteiger partial charge in [-0.15, -0.1) is 0 Å². The van der Waals surface area contributed by atoms with Crippen molar-refractivity contribution in [3.05, 3.63) is 65.9 Å². The van der Waals surface area contributed by atoms with Crippen LogP contribution in [0.5, 0.6) is 0 Å². The van der Waals surface area contributed by atoms with Crippen molar-refractivity contribution in [3.8, 4) is 0 Å². The van der Waals surface area contributed by atoms with Gasteiger partial charge in [0, 0.05) is 35.5 Å². The van der Waals surface area contributed by atoms with Crippen LogP contribution in [0, 0.1) is 11.7 Å². The number of benzene rings is 2. The summed E-state index contributed by atoms with van der Waals surface area (Å²) < 4.78 is 15.5. The molecule has 2 aromatic carbocycles. The minimum absolute atomic E-state index is 0.0365. The number of rotatable bonds is 4. The standard InChI is InChI=1S/C22H21FN4O/c1-12(20-10-13-9-14(23)7-8-19(13)27(20)2)24-22(28)16-11-15(16)21-25-17-5-3-4-6-18(17)26-21/h3-10,12,15-16H,11H2,1-2H3,(H,24,28)(H,25,26)/t12-,15+,16+/m1/s1. The number of fused-ring (bicyclic) bond motifs is 2. The molecule has 2 heterocycles. The number of carbonyl (C=O) groups excluding carboxylic acids is 1. The summed E-state index contributed by atoms with van der Waals surface area (Å²) in [6.45, 7) is 1.96. The first-order valence-corrected chi connectivity index (χ1v) is 9.51. The molecule has 28 heavy (non-hydrogen) atoms. The number of aromatic nitrogens is 3. The minimum atomic E-state index is -0.256. The molecule has 4 aromatic rings. The van der Waals surface area contributed by atoms with Gasteiger partial charge in [-0.3, -0.25) is 4.79 Å². The fraction of sp³-hybridized carbons (Fsp3) is 0.273. The highest BCUT2D eigenvalue weighted by Crippen LogP contribution is 2.47. The first-order chi connectivity index (χ1) is 13.5. The molecule has 1 fully saturated rings. The number of imidazole rings is 1. The Labute approximate surface area is 161 Å². The summed E-state index contributed by atoms with van der Waals surface area (Å²) in [5.74, 6) is 0.743. The number of nitrogens with zero attached hydrogens (tertiary/aromatic N) is 2. The van der Waals surface area contributed by atoms with E-state index in [1.54, 1.807) is 6.07 Å². The van der Waals surface area contributed by atoms with Crippen molar-refractivity contribution in [2.75, 3.05) is 0 Å². The zero-order valence-electron chi connectivity index (χ0n) is 15.7. The number of nitrogens with one attached hydrogen (secondary N) is 2. The second-order valence-corrected chi connectivity index (χ2v) is 7.65. The normalized spacial score (nSPS) is 19.8. The van der Waals surface area contributed by atoms with E-state index in [-0.39, 0.29) is 29.6 Å². The molecular formula is C22H21FN4O. The van der Waals surface area contributed by atoms with E-state index in [4.69, 9.17) is 0 Å². The largest absolute Gasteiger partial charge is 0.348 e. The summed E-state index contributed by atoms with van der Waals surface area (Å²) in [6.07, 6.45) is 0.804. The summed E-state index contributed by atoms with van der Waals surface area (Å²) >= 11 is 0. The molecular weight excluding hydrogens is 355 g/mol. The van der Waals surface area contributed by atoms with Gasteiger partial charge >= 0.3 is 0 Å². The molecule has 6 heteroatoms. The van der Waals surface area contributed by atoms with Gasteiger partial charge in [0.15, 0.2) is 0 Å². The average Bonchev–Trinajstić information content (AvgIpc) is 3.26. The van der Waals surface area contributed by atoms with E-state index in [1.807, 2.05) is 48.9 Å². The van der Waals surface area contributed by atoms with Crippen LogP contribution in [0.15, 0.2) is 48.5 Å². The number of amides is 1. The molecule has 142 valence electrons. The van der Waals surface area contributed by atoms with E-state index in [2.05, 4.69) is 15.3 Å². The molecule has 5 rings (SSSR count). The molecule has 0 spiro atoms. The molecule has 1 amide bonds. The average molecular weight is 376 g/mol. The fourth-order valence-corrected chi connectivity index (χ4v) is 4.09. The van der Waals surface area contributed by atoms with Gasteiger partial charge in [-0.25, -0.2) is 9.37 Å². The number of carbonyl (C=O) groups is 1. The van der Waals surface area contributed by atoms with Crippen LogP contribution in [0.4, 0.5) is 4.39 Å². The third-order valence-corrected chi connectivity index (χ3v) is 5.73. The number of para-hydroxylation sites is 2. The summed E-state index contributed by atoms with van der Waals surface area (Å²) in [4.78, 5) is 20.7. The zero-order valence-corrected chi connectivity index (χ0v) is 15.7. The quantitative estimate of drug-likeness (QED) is 0.561. The molecule has 0 saturated heterocycles. The Kier molecular flexibility index (Phi) is 3.75. The van der Waals surface area contributed by atoms with E-state index in [9.17, 15) is 9.18 Å². The lowest BCUT2D eigenvalue weighted by Crippen LogP contribution is -2.29. The third-order valence-electron chi connectivity index (χ3n) is 5.73. The Morgan fingerprint density at radius 3 is 2.93 bits per heavy atom. The van der Waals surface area contributed by atoms with Crippen molar-refractivity contribution < 1.29 is 9.18 Å². The van der Waals surface area contributed by atoms with Gasteiger partial charge in [0.05, 0.1) is 17.1 Å². The van der Waals surface area contributed by atoms with Crippen molar-refractivity contribution in [1.82, 2.24) is 19.9 Å². The predicted octanol–water partition coefficient (Wildman–Crippen LogP) is 4.17. The van der Waals surface area contributed by atoms with Crippen LogP contribution in [0.2, 0.25) is 0 Å². The highest BCUT2D eigenvalue weighted by molar-refractivity contribution is 5.85. The van der Waals surface area contributed by atoms with Crippen LogP contribution in [-0.2, 0) is 11.8 Å². The summed E-state index contributed by atoms with van der Waals surface area (Å²) in [6, 6.07) is 14.4. The van der Waals surface area contributed by atoms with E-state index < -0.39 is 0 Å². The number of hydrogen-bond acceptors (Lipinski definition) is 2. The molecule has 1 saturated carbocycles. The van der Waals surface area contributed by atoms with Gasteiger partial charge in [-0.1, -0.05) is 12.1 Å². The lowest BCUT2D eigenvalue weighted by Gasteiger charge is -2.15. The molecule has 0 bridgehead atoms. The van der Waals surface area contributed by atoms with Crippen molar-refractivity contribution in [2.24, 2.45) is 13.0 Å². The first kappa shape index (κ1) is 17.0. The lowest BCUT2D eigenvalue weighted by molar-refractivity contribution is -0.123. The SMILES string of the molecule is C[C@@H](NC(=O)[C@H]1C[C@@H]1c1nc2ccccc2[nH]1)c1cc2cc(F)ccc2n1C. The van der Waals surface area contributed by atoms with Gasteiger partial charge < -0.3 is 14.9 Å². The Morgan fingerprint density at radius 2 is 2.11 bits per heavy atom. The molecule has 5 nitrogen and oxygen atoms in total. The van der Waals surface area contributed by atoms with Crippen LogP contribution >= 0.6 is 0 Å². The van der Waals surface area contributed by atoms with Gasteiger partial charge in [-0.05, 0) is 49.7 Å². The number of halogens is 1. The number of H-pyrrole nitrogens is 1. The van der Waals surface area contributed by atoms with Crippen molar-refractivity contribution >= 4 is 27.8 Å². The van der Waals surface area contributed by atoms with Crippen LogP contribution in [0.25, 0.3) is 21.9 Å². The minimum Gasteiger partial charge on any atom is -0.348 e. The fourth-order valence-electron chi connectivity index (χ4n) is 4.09. The highest BCUT2D eigenvalue weighted by atomic mass is 19.1. The molecule has 2 N–H and O–H groups in total. The Hall–Kier alpha value is -3.15. The zero-order chi connectivity index (χ0) is 19.4. The predicted molar refractivity (Wildman–Crippen MR) is 106 cm³/mol. The Bertz CT molecular complexity index is 1170. The number of aryl methyl sites for hydroxylation is 1. The molecule has 1 aliphatic rings. The second kappa shape index (κ2) is 6.19.